The zero-order chi connectivity index (χ0) is 23.6. The highest BCUT2D eigenvalue weighted by molar-refractivity contribution is 4.95. The highest BCUT2D eigenvalue weighted by atomic mass is 16.7. The molecule has 12 heteroatoms. The maximum absolute atomic E-state index is 10.6. The Morgan fingerprint density at radius 2 is 1.65 bits per heavy atom. The van der Waals surface area contributed by atoms with E-state index < -0.39 is 73.1 Å². The Bertz CT molecular complexity index is 571. The Kier molecular flexibility index (Phi) is 8.81. The normalized spacial score (nSPS) is 41.3. The van der Waals surface area contributed by atoms with Crippen LogP contribution in [0, 0.1) is 0 Å². The molecule has 184 valence electrons. The van der Waals surface area contributed by atoms with Gasteiger partial charge in [-0.25, -0.2) is 0 Å². The van der Waals surface area contributed by atoms with E-state index in [2.05, 4.69) is 0 Å². The summed E-state index contributed by atoms with van der Waals surface area (Å²) in [5.74, 6) is 0. The van der Waals surface area contributed by atoms with Crippen molar-refractivity contribution in [1.29, 1.82) is 0 Å². The first-order valence-corrected chi connectivity index (χ1v) is 10.3. The Hall–Kier alpha value is -0.480. The van der Waals surface area contributed by atoms with Gasteiger partial charge in [0, 0.05) is 6.42 Å². The Morgan fingerprint density at radius 1 is 1.00 bits per heavy atom. The van der Waals surface area contributed by atoms with Crippen molar-refractivity contribution in [2.45, 2.75) is 93.5 Å². The molecule has 2 saturated heterocycles. The molecule has 0 unspecified atom stereocenters. The lowest BCUT2D eigenvalue weighted by Gasteiger charge is -2.42. The van der Waals surface area contributed by atoms with Gasteiger partial charge in [0.05, 0.1) is 37.6 Å². The Labute approximate surface area is 180 Å². The minimum atomic E-state index is -1.88. The summed E-state index contributed by atoms with van der Waals surface area (Å²) in [6.07, 6.45) is -9.89. The third-order valence-corrected chi connectivity index (χ3v) is 6.19. The van der Waals surface area contributed by atoms with Crippen LogP contribution in [0.5, 0.6) is 0 Å². The van der Waals surface area contributed by atoms with Crippen LogP contribution < -0.4 is 0 Å². The first-order valence-electron chi connectivity index (χ1n) is 10.3. The van der Waals surface area contributed by atoms with Gasteiger partial charge in [-0.3, -0.25) is 0 Å². The van der Waals surface area contributed by atoms with Crippen LogP contribution in [0.1, 0.15) is 33.6 Å². The fourth-order valence-corrected chi connectivity index (χ4v) is 3.58. The smallest absolute Gasteiger partial charge is 0.186 e. The maximum Gasteiger partial charge on any atom is 0.186 e. The van der Waals surface area contributed by atoms with Crippen molar-refractivity contribution in [3.8, 4) is 0 Å². The average Bonchev–Trinajstić information content (AvgIpc) is 3.00. The molecule has 2 fully saturated rings. The lowest BCUT2D eigenvalue weighted by Crippen LogP contribution is -2.60. The highest BCUT2D eigenvalue weighted by Crippen LogP contribution is 2.30. The molecule has 0 aromatic carbocycles. The van der Waals surface area contributed by atoms with Gasteiger partial charge in [0.1, 0.15) is 36.1 Å². The summed E-state index contributed by atoms with van der Waals surface area (Å²) in [5, 5.41) is 80.3. The van der Waals surface area contributed by atoms with E-state index in [-0.39, 0.29) is 26.1 Å². The zero-order valence-electron chi connectivity index (χ0n) is 18.0. The molecule has 12 nitrogen and oxygen atoms in total. The van der Waals surface area contributed by atoms with E-state index in [1.165, 1.54) is 13.8 Å². The van der Waals surface area contributed by atoms with Gasteiger partial charge in [-0.05, 0) is 20.3 Å². The summed E-state index contributed by atoms with van der Waals surface area (Å²) < 4.78 is 21.4. The monoisotopic (exact) mass is 456 g/mol. The average molecular weight is 456 g/mol. The predicted octanol–water partition coefficient (Wildman–Crippen LogP) is -3.43. The molecule has 2 heterocycles. The maximum atomic E-state index is 10.6. The molecule has 0 aromatic rings. The largest absolute Gasteiger partial charge is 0.393 e. The molecule has 31 heavy (non-hydrogen) atoms. The Morgan fingerprint density at radius 3 is 2.16 bits per heavy atom. The predicted molar refractivity (Wildman–Crippen MR) is 103 cm³/mol. The van der Waals surface area contributed by atoms with Crippen molar-refractivity contribution >= 4 is 0 Å². The van der Waals surface area contributed by atoms with Gasteiger partial charge in [0.25, 0.3) is 0 Å². The molecule has 2 aliphatic rings. The van der Waals surface area contributed by atoms with Gasteiger partial charge in [0.2, 0.25) is 0 Å². The lowest BCUT2D eigenvalue weighted by atomic mass is 9.81. The zero-order valence-corrected chi connectivity index (χ0v) is 18.0. The van der Waals surface area contributed by atoms with E-state index in [9.17, 15) is 35.7 Å². The molecular formula is C19H36O12. The van der Waals surface area contributed by atoms with Crippen LogP contribution in [-0.4, -0.2) is 127 Å². The first-order chi connectivity index (χ1) is 14.3. The van der Waals surface area contributed by atoms with Gasteiger partial charge in [-0.2, -0.15) is 0 Å². The quantitative estimate of drug-likeness (QED) is 0.162. The van der Waals surface area contributed by atoms with Gasteiger partial charge in [0.15, 0.2) is 12.6 Å². The second-order valence-corrected chi connectivity index (χ2v) is 8.80. The molecular weight excluding hydrogens is 420 g/mol. The molecule has 2 aliphatic heterocycles. The topological polar surface area (TPSA) is 199 Å². The van der Waals surface area contributed by atoms with Crippen LogP contribution in [0.2, 0.25) is 0 Å². The standard InChI is InChI=1S/C19H36O12/c1-4-19(27,17(2,3)25)5-6-28-15-13(23)12(22)11(21)10(31-15)7-29-16-14(24)18(26,8-20)9-30-16/h10-16,20-27H,4-9H2,1-3H3/t10-,11-,12+,13-,14+,15-,16-,18-,19-/m1/s1. The first kappa shape index (κ1) is 26.8. The van der Waals surface area contributed by atoms with Gasteiger partial charge >= 0.3 is 0 Å². The second kappa shape index (κ2) is 10.2. The van der Waals surface area contributed by atoms with Crippen LogP contribution in [0.3, 0.4) is 0 Å². The second-order valence-electron chi connectivity index (χ2n) is 8.80. The number of hydrogen-bond acceptors (Lipinski definition) is 12. The van der Waals surface area contributed by atoms with Crippen LogP contribution in [-0.2, 0) is 18.9 Å². The van der Waals surface area contributed by atoms with Crippen LogP contribution >= 0.6 is 0 Å². The summed E-state index contributed by atoms with van der Waals surface area (Å²) in [6, 6.07) is 0. The van der Waals surface area contributed by atoms with Crippen molar-refractivity contribution in [2.24, 2.45) is 0 Å². The van der Waals surface area contributed by atoms with Gasteiger partial charge in [-0.15, -0.1) is 0 Å². The van der Waals surface area contributed by atoms with Crippen LogP contribution in [0.4, 0.5) is 0 Å². The Balaban J connectivity index is 1.93. The van der Waals surface area contributed by atoms with E-state index >= 15 is 0 Å². The summed E-state index contributed by atoms with van der Waals surface area (Å²) in [5.41, 5.74) is -4.73. The molecule has 0 radical (unpaired) electrons. The third-order valence-electron chi connectivity index (χ3n) is 6.19. The fraction of sp³-hybridized carbons (Fsp3) is 1.00. The van der Waals surface area contributed by atoms with Crippen molar-refractivity contribution in [3.05, 3.63) is 0 Å². The fourth-order valence-electron chi connectivity index (χ4n) is 3.58. The summed E-state index contributed by atoms with van der Waals surface area (Å²) in [7, 11) is 0. The number of ether oxygens (including phenoxy) is 4. The molecule has 0 amide bonds. The summed E-state index contributed by atoms with van der Waals surface area (Å²) in [4.78, 5) is 0. The van der Waals surface area contributed by atoms with E-state index in [1.807, 2.05) is 0 Å². The number of rotatable bonds is 10. The molecule has 0 aromatic heterocycles. The number of aliphatic hydroxyl groups is 8. The highest BCUT2D eigenvalue weighted by Gasteiger charge is 2.50. The van der Waals surface area contributed by atoms with E-state index in [1.54, 1.807) is 6.92 Å². The molecule has 8 N–H and O–H groups in total. The molecule has 2 rings (SSSR count). The van der Waals surface area contributed by atoms with Crippen LogP contribution in [0.25, 0.3) is 0 Å². The SMILES string of the molecule is CC[C@@](O)(CCO[C@@H]1O[C@H](CO[C@@H]2OC[C@](O)(CO)[C@H]2O)[C@@H](O)[C@H](O)[C@H]1O)C(C)(C)O. The van der Waals surface area contributed by atoms with Gasteiger partial charge < -0.3 is 59.8 Å². The van der Waals surface area contributed by atoms with Crippen molar-refractivity contribution in [3.63, 3.8) is 0 Å². The van der Waals surface area contributed by atoms with Gasteiger partial charge in [-0.1, -0.05) is 6.92 Å². The minimum Gasteiger partial charge on any atom is -0.393 e. The number of hydrogen-bond donors (Lipinski definition) is 8. The summed E-state index contributed by atoms with van der Waals surface area (Å²) in [6.45, 7) is 3.01. The van der Waals surface area contributed by atoms with E-state index in [4.69, 9.17) is 24.1 Å². The van der Waals surface area contributed by atoms with E-state index in [0.717, 1.165) is 0 Å². The molecule has 0 spiro atoms. The number of aliphatic hydroxyl groups excluding tert-OH is 5. The van der Waals surface area contributed by atoms with Crippen molar-refractivity contribution in [1.82, 2.24) is 0 Å². The lowest BCUT2D eigenvalue weighted by molar-refractivity contribution is -0.311. The molecule has 0 saturated carbocycles. The van der Waals surface area contributed by atoms with Crippen molar-refractivity contribution in [2.75, 3.05) is 26.4 Å². The molecule has 0 aliphatic carbocycles. The van der Waals surface area contributed by atoms with E-state index in [0.29, 0.717) is 0 Å². The van der Waals surface area contributed by atoms with Crippen molar-refractivity contribution < 1.29 is 59.8 Å². The third kappa shape index (κ3) is 5.72. The molecule has 0 bridgehead atoms. The molecule has 9 atom stereocenters. The summed E-state index contributed by atoms with van der Waals surface area (Å²) >= 11 is 0. The minimum absolute atomic E-state index is 0.0151. The van der Waals surface area contributed by atoms with Crippen LogP contribution in [0.15, 0.2) is 0 Å².